The lowest BCUT2D eigenvalue weighted by Crippen LogP contribution is -2.37. The minimum Gasteiger partial charge on any atom is -0.465 e. The summed E-state index contributed by atoms with van der Waals surface area (Å²) in [6.07, 6.45) is 4.95. The molecule has 0 spiro atoms. The third-order valence-electron chi connectivity index (χ3n) is 2.55. The number of hydrogen-bond donors (Lipinski definition) is 1. The predicted molar refractivity (Wildman–Crippen MR) is 61.9 cm³/mol. The Bertz CT molecular complexity index is 453. The molecule has 0 amide bonds. The fourth-order valence-electron chi connectivity index (χ4n) is 1.66. The predicted octanol–water partition coefficient (Wildman–Crippen LogP) is 0.302. The van der Waals surface area contributed by atoms with Crippen LogP contribution in [0.2, 0.25) is 0 Å². The fraction of sp³-hybridized carbons (Fsp3) is 0.545. The number of carbonyl (C=O) groups is 1. The Balaban J connectivity index is 2.15. The zero-order valence-electron chi connectivity index (χ0n) is 9.68. The van der Waals surface area contributed by atoms with Crippen molar-refractivity contribution >= 4 is 11.8 Å². The Morgan fingerprint density at radius 1 is 1.65 bits per heavy atom. The highest BCUT2D eigenvalue weighted by molar-refractivity contribution is 5.75. The van der Waals surface area contributed by atoms with E-state index in [2.05, 4.69) is 9.97 Å². The Morgan fingerprint density at radius 3 is 3.00 bits per heavy atom. The minimum atomic E-state index is -0.329. The first kappa shape index (κ1) is 11.6. The van der Waals surface area contributed by atoms with Gasteiger partial charge in [-0.05, 0) is 19.8 Å². The van der Waals surface area contributed by atoms with Crippen LogP contribution in [0.3, 0.4) is 0 Å². The van der Waals surface area contributed by atoms with E-state index in [-0.39, 0.29) is 24.1 Å². The normalized spacial score (nSPS) is 14.4. The molecule has 0 aliphatic heterocycles. The number of hydrogen-bond acceptors (Lipinski definition) is 5. The highest BCUT2D eigenvalue weighted by Crippen LogP contribution is 2.28. The lowest BCUT2D eigenvalue weighted by Gasteiger charge is -2.20. The molecule has 1 fully saturated rings. The molecule has 1 aromatic rings. The van der Waals surface area contributed by atoms with Crippen LogP contribution in [0.25, 0.3) is 0 Å². The average molecular weight is 237 g/mol. The number of ether oxygens (including phenoxy) is 1. The van der Waals surface area contributed by atoms with Gasteiger partial charge < -0.3 is 14.6 Å². The number of carbonyl (C=O) groups excluding carboxylic acids is 1. The second kappa shape index (κ2) is 4.99. The highest BCUT2D eigenvalue weighted by Gasteiger charge is 2.33. The maximum absolute atomic E-state index is 11.6. The molecule has 1 heterocycles. The molecule has 0 bridgehead atoms. The van der Waals surface area contributed by atoms with E-state index in [0.717, 1.165) is 12.8 Å². The molecule has 6 nitrogen and oxygen atoms in total. The maximum atomic E-state index is 11.6. The Morgan fingerprint density at radius 2 is 2.41 bits per heavy atom. The van der Waals surface area contributed by atoms with Crippen molar-refractivity contribution in [1.29, 1.82) is 0 Å². The van der Waals surface area contributed by atoms with E-state index < -0.39 is 0 Å². The standard InChI is InChI=1S/C11H15N3O3/c1-2-17-9(15)7-14(8-3-4-8)10-11(16)13-6-5-12-10/h5-6,8H,2-4,7H2,1H3,(H,13,16). The van der Waals surface area contributed by atoms with Gasteiger partial charge in [-0.1, -0.05) is 0 Å². The van der Waals surface area contributed by atoms with E-state index in [9.17, 15) is 9.59 Å². The van der Waals surface area contributed by atoms with Crippen LogP contribution in [0.5, 0.6) is 0 Å². The molecule has 0 atom stereocenters. The maximum Gasteiger partial charge on any atom is 0.325 e. The SMILES string of the molecule is CCOC(=O)CN(c1ncc[nH]c1=O)C1CC1. The largest absolute Gasteiger partial charge is 0.465 e. The summed E-state index contributed by atoms with van der Waals surface area (Å²) in [5, 5.41) is 0. The van der Waals surface area contributed by atoms with Crippen LogP contribution >= 0.6 is 0 Å². The Kier molecular flexibility index (Phi) is 3.41. The fourth-order valence-corrected chi connectivity index (χ4v) is 1.66. The molecule has 0 saturated heterocycles. The van der Waals surface area contributed by atoms with Crippen LogP contribution in [-0.4, -0.2) is 35.1 Å². The third kappa shape index (κ3) is 2.83. The molecular weight excluding hydrogens is 222 g/mol. The van der Waals surface area contributed by atoms with Crippen molar-refractivity contribution in [2.75, 3.05) is 18.1 Å². The smallest absolute Gasteiger partial charge is 0.325 e. The summed E-state index contributed by atoms with van der Waals surface area (Å²) in [5.41, 5.74) is -0.274. The van der Waals surface area contributed by atoms with E-state index >= 15 is 0 Å². The van der Waals surface area contributed by atoms with Crippen LogP contribution in [-0.2, 0) is 9.53 Å². The number of anilines is 1. The second-order valence-electron chi connectivity index (χ2n) is 3.91. The van der Waals surface area contributed by atoms with Crippen molar-refractivity contribution in [2.24, 2.45) is 0 Å². The van der Waals surface area contributed by atoms with Gasteiger partial charge in [-0.15, -0.1) is 0 Å². The quantitative estimate of drug-likeness (QED) is 0.745. The molecule has 1 aromatic heterocycles. The van der Waals surface area contributed by atoms with Crippen LogP contribution in [0.4, 0.5) is 5.82 Å². The molecule has 1 saturated carbocycles. The van der Waals surface area contributed by atoms with E-state index in [1.807, 2.05) is 0 Å². The molecule has 0 radical (unpaired) electrons. The number of nitrogens with zero attached hydrogens (tertiary/aromatic N) is 2. The van der Waals surface area contributed by atoms with Gasteiger partial charge in [0.15, 0.2) is 5.82 Å². The topological polar surface area (TPSA) is 75.3 Å². The number of aromatic amines is 1. The molecule has 1 aliphatic rings. The lowest BCUT2D eigenvalue weighted by atomic mass is 10.4. The van der Waals surface area contributed by atoms with Gasteiger partial charge in [0.25, 0.3) is 5.56 Å². The molecule has 1 aliphatic carbocycles. The van der Waals surface area contributed by atoms with E-state index in [1.165, 1.54) is 12.4 Å². The molecule has 2 rings (SSSR count). The number of H-pyrrole nitrogens is 1. The first-order chi connectivity index (χ1) is 8.22. The van der Waals surface area contributed by atoms with Crippen LogP contribution in [0, 0.1) is 0 Å². The Labute approximate surface area is 98.6 Å². The zero-order chi connectivity index (χ0) is 12.3. The summed E-state index contributed by atoms with van der Waals surface area (Å²) < 4.78 is 4.89. The number of rotatable bonds is 5. The Hall–Kier alpha value is -1.85. The summed E-state index contributed by atoms with van der Waals surface area (Å²) in [6, 6.07) is 0.232. The van der Waals surface area contributed by atoms with Gasteiger partial charge in [0.05, 0.1) is 6.61 Å². The number of esters is 1. The summed E-state index contributed by atoms with van der Waals surface area (Å²) >= 11 is 0. The highest BCUT2D eigenvalue weighted by atomic mass is 16.5. The lowest BCUT2D eigenvalue weighted by molar-refractivity contribution is -0.141. The van der Waals surface area contributed by atoms with Crippen LogP contribution in [0.15, 0.2) is 17.2 Å². The summed E-state index contributed by atoms with van der Waals surface area (Å²) in [4.78, 5) is 31.4. The van der Waals surface area contributed by atoms with Gasteiger partial charge in [-0.2, -0.15) is 0 Å². The number of aromatic nitrogens is 2. The van der Waals surface area contributed by atoms with Crippen molar-refractivity contribution in [3.8, 4) is 0 Å². The first-order valence-corrected chi connectivity index (χ1v) is 5.68. The second-order valence-corrected chi connectivity index (χ2v) is 3.91. The van der Waals surface area contributed by atoms with Crippen molar-refractivity contribution < 1.29 is 9.53 Å². The minimum absolute atomic E-state index is 0.0819. The third-order valence-corrected chi connectivity index (χ3v) is 2.55. The molecule has 1 N–H and O–H groups in total. The van der Waals surface area contributed by atoms with Gasteiger partial charge >= 0.3 is 5.97 Å². The molecule has 0 unspecified atom stereocenters. The van der Waals surface area contributed by atoms with Gasteiger partial charge in [-0.25, -0.2) is 4.98 Å². The summed E-state index contributed by atoms with van der Waals surface area (Å²) in [6.45, 7) is 2.18. The first-order valence-electron chi connectivity index (χ1n) is 5.68. The van der Waals surface area contributed by atoms with Crippen molar-refractivity contribution in [3.05, 3.63) is 22.7 Å². The van der Waals surface area contributed by atoms with E-state index in [1.54, 1.807) is 11.8 Å². The van der Waals surface area contributed by atoms with E-state index in [4.69, 9.17) is 4.74 Å². The van der Waals surface area contributed by atoms with Gasteiger partial charge in [0.2, 0.25) is 0 Å². The van der Waals surface area contributed by atoms with Crippen molar-refractivity contribution in [1.82, 2.24) is 9.97 Å². The van der Waals surface area contributed by atoms with Gasteiger partial charge in [0, 0.05) is 18.4 Å². The summed E-state index contributed by atoms with van der Waals surface area (Å²) in [5.74, 6) is -0.0347. The molecule has 17 heavy (non-hydrogen) atoms. The monoisotopic (exact) mass is 237 g/mol. The zero-order valence-corrected chi connectivity index (χ0v) is 9.68. The molecule has 92 valence electrons. The number of nitrogens with one attached hydrogen (secondary N) is 1. The van der Waals surface area contributed by atoms with Gasteiger partial charge in [0.1, 0.15) is 6.54 Å². The van der Waals surface area contributed by atoms with Crippen molar-refractivity contribution in [3.63, 3.8) is 0 Å². The van der Waals surface area contributed by atoms with Crippen molar-refractivity contribution in [2.45, 2.75) is 25.8 Å². The summed E-state index contributed by atoms with van der Waals surface area (Å²) in [7, 11) is 0. The van der Waals surface area contributed by atoms with Crippen LogP contribution in [0.1, 0.15) is 19.8 Å². The molecular formula is C11H15N3O3. The molecule has 0 aromatic carbocycles. The van der Waals surface area contributed by atoms with E-state index in [0.29, 0.717) is 12.4 Å². The van der Waals surface area contributed by atoms with Gasteiger partial charge in [-0.3, -0.25) is 9.59 Å². The molecule has 6 heteroatoms. The van der Waals surface area contributed by atoms with Crippen LogP contribution < -0.4 is 10.5 Å². The average Bonchev–Trinajstić information content (AvgIpc) is 3.11.